The predicted octanol–water partition coefficient (Wildman–Crippen LogP) is 4.02. The minimum absolute atomic E-state index is 0.00620. The van der Waals surface area contributed by atoms with Crippen LogP contribution in [0.5, 0.6) is 5.75 Å². The van der Waals surface area contributed by atoms with Crippen LogP contribution >= 0.6 is 0 Å². The molecular formula is C27H35BO4. The third kappa shape index (κ3) is 4.20. The average Bonchev–Trinajstić information content (AvgIpc) is 3.48. The van der Waals surface area contributed by atoms with Gasteiger partial charge in [-0.3, -0.25) is 4.79 Å². The van der Waals surface area contributed by atoms with Crippen molar-refractivity contribution in [3.63, 3.8) is 0 Å². The smallest absolute Gasteiger partial charge is 0.309 e. The fourth-order valence-electron chi connectivity index (χ4n) is 5.56. The highest BCUT2D eigenvalue weighted by atomic mass is 16.5. The first-order valence-corrected chi connectivity index (χ1v) is 11.7. The van der Waals surface area contributed by atoms with E-state index in [0.29, 0.717) is 6.61 Å². The standard InChI is InChI=1S/C27H35BO4/c1-26(2,3)24(30-4)20-13-17(8-11-23(20)28)16-32-19-10-9-18-7-6-12-27(21(18)14-19)15-22(27)25(29)31-5/h8-11,13-14,22,24H,6-7,12,15-16,28H2,1-5H3/t22-,24-,27-/m1/s1. The molecule has 3 atom stereocenters. The van der Waals surface area contributed by atoms with E-state index in [-0.39, 0.29) is 28.8 Å². The number of fused-ring (bicyclic) bond motifs is 2. The monoisotopic (exact) mass is 434 g/mol. The summed E-state index contributed by atoms with van der Waals surface area (Å²) in [4.78, 5) is 12.2. The van der Waals surface area contributed by atoms with Crippen molar-refractivity contribution in [3.8, 4) is 5.75 Å². The summed E-state index contributed by atoms with van der Waals surface area (Å²) in [5, 5.41) is 0. The first-order chi connectivity index (χ1) is 15.2. The number of carbonyl (C=O) groups excluding carboxylic acids is 1. The van der Waals surface area contributed by atoms with Gasteiger partial charge in [0.25, 0.3) is 0 Å². The van der Waals surface area contributed by atoms with Crippen LogP contribution in [-0.2, 0) is 32.7 Å². The van der Waals surface area contributed by atoms with Crippen LogP contribution in [0.4, 0.5) is 0 Å². The predicted molar refractivity (Wildman–Crippen MR) is 129 cm³/mol. The number of methoxy groups -OCH3 is 2. The van der Waals surface area contributed by atoms with Gasteiger partial charge in [-0.05, 0) is 65.5 Å². The molecule has 4 rings (SSSR count). The van der Waals surface area contributed by atoms with E-state index in [1.54, 1.807) is 7.11 Å². The molecule has 5 heteroatoms. The van der Waals surface area contributed by atoms with Crippen molar-refractivity contribution < 1.29 is 19.0 Å². The zero-order valence-electron chi connectivity index (χ0n) is 20.3. The molecule has 1 fully saturated rings. The summed E-state index contributed by atoms with van der Waals surface area (Å²) in [7, 11) is 5.40. The molecule has 1 saturated carbocycles. The Kier molecular flexibility index (Phi) is 6.15. The summed E-state index contributed by atoms with van der Waals surface area (Å²) in [5.74, 6) is 0.773. The first kappa shape index (κ1) is 22.9. The summed E-state index contributed by atoms with van der Waals surface area (Å²) < 4.78 is 17.1. The zero-order valence-corrected chi connectivity index (χ0v) is 20.3. The molecular weight excluding hydrogens is 399 g/mol. The Hall–Kier alpha value is -2.27. The molecule has 2 aliphatic rings. The van der Waals surface area contributed by atoms with E-state index in [9.17, 15) is 4.79 Å². The van der Waals surface area contributed by atoms with Crippen LogP contribution in [0, 0.1) is 11.3 Å². The van der Waals surface area contributed by atoms with Crippen molar-refractivity contribution in [2.75, 3.05) is 14.2 Å². The molecule has 170 valence electrons. The van der Waals surface area contributed by atoms with Gasteiger partial charge in [-0.15, -0.1) is 0 Å². The number of ether oxygens (including phenoxy) is 3. The number of aryl methyl sites for hydroxylation is 1. The van der Waals surface area contributed by atoms with Crippen LogP contribution in [0.25, 0.3) is 0 Å². The van der Waals surface area contributed by atoms with Gasteiger partial charge in [0.2, 0.25) is 0 Å². The number of rotatable bonds is 6. The van der Waals surface area contributed by atoms with Crippen molar-refractivity contribution in [2.45, 2.75) is 64.6 Å². The van der Waals surface area contributed by atoms with E-state index in [4.69, 9.17) is 14.2 Å². The van der Waals surface area contributed by atoms with Gasteiger partial charge in [-0.2, -0.15) is 0 Å². The van der Waals surface area contributed by atoms with E-state index in [2.05, 4.69) is 65.0 Å². The molecule has 0 aromatic heterocycles. The Balaban J connectivity index is 1.54. The minimum Gasteiger partial charge on any atom is -0.489 e. The zero-order chi connectivity index (χ0) is 23.1. The molecule has 1 spiro atoms. The van der Waals surface area contributed by atoms with E-state index in [1.165, 1.54) is 29.3 Å². The van der Waals surface area contributed by atoms with Gasteiger partial charge in [0.15, 0.2) is 0 Å². The second-order valence-electron chi connectivity index (χ2n) is 10.6. The van der Waals surface area contributed by atoms with Crippen molar-refractivity contribution in [2.24, 2.45) is 11.3 Å². The van der Waals surface area contributed by atoms with Crippen molar-refractivity contribution in [1.82, 2.24) is 0 Å². The van der Waals surface area contributed by atoms with Crippen LogP contribution in [0.3, 0.4) is 0 Å². The lowest BCUT2D eigenvalue weighted by atomic mass is 9.78. The third-order valence-corrected chi connectivity index (χ3v) is 7.30. The van der Waals surface area contributed by atoms with Crippen molar-refractivity contribution >= 4 is 19.3 Å². The fourth-order valence-corrected chi connectivity index (χ4v) is 5.56. The lowest BCUT2D eigenvalue weighted by Crippen LogP contribution is -2.26. The molecule has 0 aliphatic heterocycles. The molecule has 0 radical (unpaired) electrons. The largest absolute Gasteiger partial charge is 0.489 e. The van der Waals surface area contributed by atoms with E-state index in [1.807, 2.05) is 0 Å². The molecule has 4 nitrogen and oxygen atoms in total. The summed E-state index contributed by atoms with van der Waals surface area (Å²) in [5.41, 5.74) is 6.16. The maximum absolute atomic E-state index is 12.2. The Morgan fingerprint density at radius 3 is 2.66 bits per heavy atom. The van der Waals surface area contributed by atoms with Crippen LogP contribution in [0.1, 0.15) is 68.4 Å². The molecule has 2 aromatic rings. The van der Waals surface area contributed by atoms with E-state index in [0.717, 1.165) is 37.0 Å². The molecule has 0 N–H and O–H groups in total. The molecule has 2 aliphatic carbocycles. The van der Waals surface area contributed by atoms with Gasteiger partial charge < -0.3 is 14.2 Å². The third-order valence-electron chi connectivity index (χ3n) is 7.30. The van der Waals surface area contributed by atoms with Gasteiger partial charge >= 0.3 is 5.97 Å². The molecule has 0 bridgehead atoms. The summed E-state index contributed by atoms with van der Waals surface area (Å²) in [6.45, 7) is 7.10. The van der Waals surface area contributed by atoms with Gasteiger partial charge in [0, 0.05) is 12.5 Å². The molecule has 0 heterocycles. The Labute approximate surface area is 193 Å². The maximum atomic E-state index is 12.2. The highest BCUT2D eigenvalue weighted by molar-refractivity contribution is 6.33. The van der Waals surface area contributed by atoms with Crippen LogP contribution in [0.15, 0.2) is 36.4 Å². The Morgan fingerprint density at radius 2 is 1.97 bits per heavy atom. The Bertz CT molecular complexity index is 1010. The van der Waals surface area contributed by atoms with Crippen molar-refractivity contribution in [1.29, 1.82) is 0 Å². The minimum atomic E-state index is -0.0806. The number of carbonyl (C=O) groups is 1. The summed E-state index contributed by atoms with van der Waals surface area (Å²) in [6.07, 6.45) is 4.16. The van der Waals surface area contributed by atoms with Gasteiger partial charge in [-0.1, -0.05) is 50.5 Å². The number of hydrogen-bond donors (Lipinski definition) is 0. The van der Waals surface area contributed by atoms with Crippen molar-refractivity contribution in [3.05, 3.63) is 58.7 Å². The van der Waals surface area contributed by atoms with E-state index >= 15 is 0 Å². The lowest BCUT2D eigenvalue weighted by molar-refractivity contribution is -0.142. The molecule has 32 heavy (non-hydrogen) atoms. The average molecular weight is 434 g/mol. The highest BCUT2D eigenvalue weighted by Gasteiger charge is 2.61. The molecule has 2 aromatic carbocycles. The Morgan fingerprint density at radius 1 is 1.19 bits per heavy atom. The van der Waals surface area contributed by atoms with E-state index < -0.39 is 0 Å². The summed E-state index contributed by atoms with van der Waals surface area (Å²) in [6, 6.07) is 12.9. The topological polar surface area (TPSA) is 44.8 Å². The number of hydrogen-bond acceptors (Lipinski definition) is 4. The SMILES string of the molecule is Bc1ccc(COc2ccc3c(c2)[C@@]2(CCC3)C[C@@H]2C(=O)OC)cc1[C@@H](OC)C(C)(C)C. The van der Waals surface area contributed by atoms with Crippen LogP contribution in [0.2, 0.25) is 0 Å². The van der Waals surface area contributed by atoms with Gasteiger partial charge in [-0.25, -0.2) is 0 Å². The van der Waals surface area contributed by atoms with Crippen LogP contribution < -0.4 is 10.2 Å². The quantitative estimate of drug-likeness (QED) is 0.509. The fraction of sp³-hybridized carbons (Fsp3) is 0.519. The second kappa shape index (κ2) is 8.59. The molecule has 0 saturated heterocycles. The summed E-state index contributed by atoms with van der Waals surface area (Å²) >= 11 is 0. The number of esters is 1. The second-order valence-corrected chi connectivity index (χ2v) is 10.6. The van der Waals surface area contributed by atoms with Crippen LogP contribution in [-0.4, -0.2) is 28.0 Å². The number of benzene rings is 2. The van der Waals surface area contributed by atoms with Gasteiger partial charge in [0.05, 0.1) is 19.1 Å². The lowest BCUT2D eigenvalue weighted by Gasteiger charge is -2.31. The maximum Gasteiger partial charge on any atom is 0.309 e. The first-order valence-electron chi connectivity index (χ1n) is 11.7. The highest BCUT2D eigenvalue weighted by Crippen LogP contribution is 2.61. The van der Waals surface area contributed by atoms with Gasteiger partial charge in [0.1, 0.15) is 20.2 Å². The molecule has 0 amide bonds. The normalized spacial score (nSPS) is 22.8. The molecule has 0 unspecified atom stereocenters.